The minimum absolute atomic E-state index is 0.0171. The van der Waals surface area contributed by atoms with Crippen molar-refractivity contribution >= 4 is 17.4 Å². The zero-order valence-electron chi connectivity index (χ0n) is 11.8. The molecule has 0 N–H and O–H groups in total. The Morgan fingerprint density at radius 2 is 2.29 bits per heavy atom. The van der Waals surface area contributed by atoms with E-state index in [4.69, 9.17) is 16.3 Å². The van der Waals surface area contributed by atoms with Crippen molar-refractivity contribution in [2.75, 3.05) is 18.1 Å². The Bertz CT molecular complexity index is 702. The van der Waals surface area contributed by atoms with Crippen LogP contribution in [0.15, 0.2) is 6.20 Å². The molecule has 21 heavy (non-hydrogen) atoms. The second-order valence-corrected chi connectivity index (χ2v) is 5.58. The topological polar surface area (TPSA) is 69.0 Å². The summed E-state index contributed by atoms with van der Waals surface area (Å²) in [6.45, 7) is 5.47. The van der Waals surface area contributed by atoms with Crippen LogP contribution in [0.1, 0.15) is 31.0 Å². The van der Waals surface area contributed by atoms with Crippen molar-refractivity contribution in [1.29, 1.82) is 0 Å². The van der Waals surface area contributed by atoms with Crippen LogP contribution in [0, 0.1) is 6.92 Å². The standard InChI is InChI=1S/C13H15ClN6O/c1-3-9-10-12-18-17-7(2)20(12)8-6-15-13(14)16-11(8)19(10)4-5-21-9/h6,9-10H,3-5H2,1-2H3. The van der Waals surface area contributed by atoms with Crippen LogP contribution in [-0.2, 0) is 4.74 Å². The molecule has 2 aliphatic rings. The van der Waals surface area contributed by atoms with Crippen molar-refractivity contribution in [3.63, 3.8) is 0 Å². The van der Waals surface area contributed by atoms with Gasteiger partial charge in [-0.15, -0.1) is 10.2 Å². The van der Waals surface area contributed by atoms with Gasteiger partial charge in [-0.25, -0.2) is 4.98 Å². The molecule has 0 radical (unpaired) electrons. The minimum Gasteiger partial charge on any atom is -0.374 e. The summed E-state index contributed by atoms with van der Waals surface area (Å²) in [4.78, 5) is 10.8. The van der Waals surface area contributed by atoms with E-state index < -0.39 is 0 Å². The molecule has 2 aromatic heterocycles. The zero-order chi connectivity index (χ0) is 14.6. The number of aryl methyl sites for hydroxylation is 1. The number of anilines is 1. The molecule has 2 aromatic rings. The van der Waals surface area contributed by atoms with Crippen LogP contribution in [0.3, 0.4) is 0 Å². The van der Waals surface area contributed by atoms with E-state index in [2.05, 4.69) is 32.0 Å². The van der Waals surface area contributed by atoms with E-state index >= 15 is 0 Å². The third kappa shape index (κ3) is 1.77. The Kier molecular flexibility index (Phi) is 2.87. The van der Waals surface area contributed by atoms with Gasteiger partial charge in [0.2, 0.25) is 5.28 Å². The number of halogens is 1. The Labute approximate surface area is 126 Å². The SMILES string of the molecule is CCC1OCCN2c3nc(Cl)ncc3-n3c(C)nnc3C12. The quantitative estimate of drug-likeness (QED) is 0.747. The second kappa shape index (κ2) is 4.64. The summed E-state index contributed by atoms with van der Waals surface area (Å²) in [6, 6.07) is 0.0171. The van der Waals surface area contributed by atoms with Crippen LogP contribution in [0.25, 0.3) is 5.69 Å². The second-order valence-electron chi connectivity index (χ2n) is 5.24. The molecule has 4 rings (SSSR count). The molecule has 110 valence electrons. The molecule has 2 atom stereocenters. The van der Waals surface area contributed by atoms with Gasteiger partial charge in [0, 0.05) is 6.54 Å². The molecule has 1 fully saturated rings. The number of hydrogen-bond acceptors (Lipinski definition) is 6. The summed E-state index contributed by atoms with van der Waals surface area (Å²) in [5.41, 5.74) is 0.880. The van der Waals surface area contributed by atoms with E-state index in [1.165, 1.54) is 0 Å². The molecule has 0 spiro atoms. The fraction of sp³-hybridized carbons (Fsp3) is 0.538. The number of aromatic nitrogens is 5. The fourth-order valence-electron chi connectivity index (χ4n) is 3.20. The minimum atomic E-state index is 0.0171. The summed E-state index contributed by atoms with van der Waals surface area (Å²) in [5.74, 6) is 2.53. The Hall–Kier alpha value is -1.73. The number of morpholine rings is 1. The van der Waals surface area contributed by atoms with Crippen LogP contribution >= 0.6 is 11.6 Å². The molecular weight excluding hydrogens is 292 g/mol. The molecule has 8 heteroatoms. The Morgan fingerprint density at radius 1 is 1.43 bits per heavy atom. The van der Waals surface area contributed by atoms with E-state index in [0.29, 0.717) is 6.61 Å². The van der Waals surface area contributed by atoms with Crippen LogP contribution in [-0.4, -0.2) is 44.0 Å². The molecule has 0 bridgehead atoms. The van der Waals surface area contributed by atoms with E-state index in [1.54, 1.807) is 6.20 Å². The van der Waals surface area contributed by atoms with Crippen molar-refractivity contribution in [3.05, 3.63) is 23.1 Å². The smallest absolute Gasteiger partial charge is 0.224 e. The number of nitrogens with zero attached hydrogens (tertiary/aromatic N) is 6. The fourth-order valence-corrected chi connectivity index (χ4v) is 3.33. The molecule has 0 saturated carbocycles. The van der Waals surface area contributed by atoms with Crippen molar-refractivity contribution in [2.45, 2.75) is 32.4 Å². The highest BCUT2D eigenvalue weighted by Crippen LogP contribution is 2.41. The first kappa shape index (κ1) is 13.0. The van der Waals surface area contributed by atoms with Gasteiger partial charge in [0.25, 0.3) is 0 Å². The lowest BCUT2D eigenvalue weighted by Gasteiger charge is -2.44. The average molecular weight is 307 g/mol. The van der Waals surface area contributed by atoms with Crippen LogP contribution in [0.5, 0.6) is 0 Å². The van der Waals surface area contributed by atoms with Crippen LogP contribution in [0.4, 0.5) is 5.82 Å². The summed E-state index contributed by atoms with van der Waals surface area (Å²) < 4.78 is 7.91. The molecular formula is C13H15ClN6O. The predicted molar refractivity (Wildman–Crippen MR) is 76.8 cm³/mol. The number of rotatable bonds is 1. The van der Waals surface area contributed by atoms with Gasteiger partial charge >= 0.3 is 0 Å². The predicted octanol–water partition coefficient (Wildman–Crippen LogP) is 1.69. The highest BCUT2D eigenvalue weighted by Gasteiger charge is 2.42. The van der Waals surface area contributed by atoms with E-state index in [0.717, 1.165) is 36.1 Å². The van der Waals surface area contributed by atoms with Crippen molar-refractivity contribution in [1.82, 2.24) is 24.7 Å². The van der Waals surface area contributed by atoms with Gasteiger partial charge in [0.05, 0.1) is 18.9 Å². The van der Waals surface area contributed by atoms with Crippen molar-refractivity contribution < 1.29 is 4.74 Å². The maximum Gasteiger partial charge on any atom is 0.224 e. The van der Waals surface area contributed by atoms with Gasteiger partial charge in [0.15, 0.2) is 11.6 Å². The Morgan fingerprint density at radius 3 is 3.10 bits per heavy atom. The third-order valence-corrected chi connectivity index (χ3v) is 4.28. The lowest BCUT2D eigenvalue weighted by molar-refractivity contribution is 0.00455. The van der Waals surface area contributed by atoms with Crippen LogP contribution < -0.4 is 4.90 Å². The van der Waals surface area contributed by atoms with E-state index in [1.807, 2.05) is 11.5 Å². The molecule has 7 nitrogen and oxygen atoms in total. The van der Waals surface area contributed by atoms with E-state index in [-0.39, 0.29) is 17.4 Å². The van der Waals surface area contributed by atoms with Gasteiger partial charge in [-0.2, -0.15) is 4.98 Å². The first-order valence-electron chi connectivity index (χ1n) is 7.03. The maximum absolute atomic E-state index is 6.00. The molecule has 1 saturated heterocycles. The normalized spacial score (nSPS) is 23.5. The first-order chi connectivity index (χ1) is 10.2. The molecule has 0 amide bonds. The zero-order valence-corrected chi connectivity index (χ0v) is 12.6. The van der Waals surface area contributed by atoms with Crippen molar-refractivity contribution in [2.24, 2.45) is 0 Å². The first-order valence-corrected chi connectivity index (χ1v) is 7.41. The molecule has 0 aliphatic carbocycles. The van der Waals surface area contributed by atoms with Crippen LogP contribution in [0.2, 0.25) is 5.28 Å². The monoisotopic (exact) mass is 306 g/mol. The Balaban J connectivity index is 1.97. The lowest BCUT2D eigenvalue weighted by atomic mass is 10.0. The highest BCUT2D eigenvalue weighted by atomic mass is 35.5. The summed E-state index contributed by atoms with van der Waals surface area (Å²) in [5, 5.41) is 8.84. The van der Waals surface area contributed by atoms with Gasteiger partial charge in [-0.05, 0) is 24.9 Å². The maximum atomic E-state index is 6.00. The molecule has 2 aliphatic heterocycles. The van der Waals surface area contributed by atoms with Gasteiger partial charge in [-0.3, -0.25) is 4.57 Å². The van der Waals surface area contributed by atoms with Crippen molar-refractivity contribution in [3.8, 4) is 5.69 Å². The summed E-state index contributed by atoms with van der Waals surface area (Å²) >= 11 is 6.00. The average Bonchev–Trinajstić information content (AvgIpc) is 2.89. The van der Waals surface area contributed by atoms with Gasteiger partial charge in [-0.1, -0.05) is 6.92 Å². The molecule has 0 aromatic carbocycles. The third-order valence-electron chi connectivity index (χ3n) is 4.10. The summed E-state index contributed by atoms with van der Waals surface area (Å²) in [6.07, 6.45) is 2.71. The molecule has 2 unspecified atom stereocenters. The van der Waals surface area contributed by atoms with Gasteiger partial charge in [0.1, 0.15) is 17.6 Å². The van der Waals surface area contributed by atoms with Gasteiger partial charge < -0.3 is 9.64 Å². The lowest BCUT2D eigenvalue weighted by Crippen LogP contribution is -2.49. The largest absolute Gasteiger partial charge is 0.374 e. The number of fused-ring (bicyclic) bond motifs is 6. The molecule has 4 heterocycles. The number of hydrogen-bond donors (Lipinski definition) is 0. The number of ether oxygens (including phenoxy) is 1. The highest BCUT2D eigenvalue weighted by molar-refractivity contribution is 6.28. The van der Waals surface area contributed by atoms with E-state index in [9.17, 15) is 0 Å². The summed E-state index contributed by atoms with van der Waals surface area (Å²) in [7, 11) is 0.